The van der Waals surface area contributed by atoms with Crippen LogP contribution in [-0.2, 0) is 4.79 Å². The Balaban J connectivity index is 1.61. The highest BCUT2D eigenvalue weighted by atomic mass is 79.9. The molecule has 5 nitrogen and oxygen atoms in total. The number of hydrogen-bond acceptors (Lipinski definition) is 2. The van der Waals surface area contributed by atoms with Gasteiger partial charge in [-0.15, -0.1) is 0 Å². The van der Waals surface area contributed by atoms with E-state index in [4.69, 9.17) is 0 Å². The fourth-order valence-corrected chi connectivity index (χ4v) is 3.35. The summed E-state index contributed by atoms with van der Waals surface area (Å²) in [7, 11) is 0. The van der Waals surface area contributed by atoms with Crippen molar-refractivity contribution in [2.24, 2.45) is 0 Å². The standard InChI is InChI=1S/C20H22BrN3O2/c1-14(2)15-6-8-18(9-7-15)24-11-10-23(20(24)26)13-19(25)22-17-5-3-4-16(21)12-17/h3-9,12,14H,10-11,13H2,1-2H3,(H,22,25). The Kier molecular flexibility index (Phi) is 5.61. The van der Waals surface area contributed by atoms with Crippen LogP contribution in [0, 0.1) is 0 Å². The number of anilines is 2. The molecule has 1 aliphatic heterocycles. The maximum Gasteiger partial charge on any atom is 0.325 e. The molecular weight excluding hydrogens is 394 g/mol. The number of amides is 3. The van der Waals surface area contributed by atoms with Gasteiger partial charge in [0, 0.05) is 28.9 Å². The van der Waals surface area contributed by atoms with Gasteiger partial charge >= 0.3 is 6.03 Å². The summed E-state index contributed by atoms with van der Waals surface area (Å²) in [5, 5.41) is 2.82. The number of benzene rings is 2. The summed E-state index contributed by atoms with van der Waals surface area (Å²) in [5.41, 5.74) is 2.82. The monoisotopic (exact) mass is 415 g/mol. The molecule has 1 fully saturated rings. The van der Waals surface area contributed by atoms with Crippen molar-refractivity contribution >= 4 is 39.2 Å². The van der Waals surface area contributed by atoms with Crippen LogP contribution in [-0.4, -0.2) is 36.5 Å². The van der Waals surface area contributed by atoms with Crippen LogP contribution >= 0.6 is 15.9 Å². The van der Waals surface area contributed by atoms with Gasteiger partial charge in [-0.1, -0.05) is 48.0 Å². The van der Waals surface area contributed by atoms with Gasteiger partial charge in [0.2, 0.25) is 5.91 Å². The fraction of sp³-hybridized carbons (Fsp3) is 0.300. The molecule has 1 heterocycles. The summed E-state index contributed by atoms with van der Waals surface area (Å²) < 4.78 is 0.892. The third kappa shape index (κ3) is 4.25. The zero-order valence-corrected chi connectivity index (χ0v) is 16.5. The van der Waals surface area contributed by atoms with E-state index in [0.717, 1.165) is 10.2 Å². The Morgan fingerprint density at radius 3 is 2.54 bits per heavy atom. The number of rotatable bonds is 5. The van der Waals surface area contributed by atoms with E-state index >= 15 is 0 Å². The SMILES string of the molecule is CC(C)c1ccc(N2CCN(CC(=O)Nc3cccc(Br)c3)C2=O)cc1. The van der Waals surface area contributed by atoms with E-state index in [-0.39, 0.29) is 18.5 Å². The molecule has 0 unspecified atom stereocenters. The second kappa shape index (κ2) is 7.91. The van der Waals surface area contributed by atoms with Crippen LogP contribution < -0.4 is 10.2 Å². The first-order chi connectivity index (χ1) is 12.4. The van der Waals surface area contributed by atoms with E-state index in [0.29, 0.717) is 24.7 Å². The van der Waals surface area contributed by atoms with Gasteiger partial charge in [-0.2, -0.15) is 0 Å². The Bertz CT molecular complexity index is 805. The second-order valence-corrected chi connectivity index (χ2v) is 7.58. The molecule has 1 saturated heterocycles. The molecule has 26 heavy (non-hydrogen) atoms. The smallest absolute Gasteiger partial charge is 0.325 e. The van der Waals surface area contributed by atoms with Gasteiger partial charge in [-0.05, 0) is 41.8 Å². The molecule has 0 atom stereocenters. The van der Waals surface area contributed by atoms with E-state index < -0.39 is 0 Å². The first-order valence-electron chi connectivity index (χ1n) is 8.66. The van der Waals surface area contributed by atoms with E-state index in [1.54, 1.807) is 9.80 Å². The summed E-state index contributed by atoms with van der Waals surface area (Å²) in [5.74, 6) is 0.255. The number of carbonyl (C=O) groups excluding carboxylic acids is 2. The lowest BCUT2D eigenvalue weighted by atomic mass is 10.0. The molecule has 0 aliphatic carbocycles. The van der Waals surface area contributed by atoms with Crippen LogP contribution in [0.4, 0.5) is 16.2 Å². The van der Waals surface area contributed by atoms with Gasteiger partial charge < -0.3 is 10.2 Å². The number of nitrogens with one attached hydrogen (secondary N) is 1. The van der Waals surface area contributed by atoms with E-state index in [9.17, 15) is 9.59 Å². The van der Waals surface area contributed by atoms with Crippen molar-refractivity contribution < 1.29 is 9.59 Å². The lowest BCUT2D eigenvalue weighted by Crippen LogP contribution is -2.37. The predicted molar refractivity (Wildman–Crippen MR) is 108 cm³/mol. The summed E-state index contributed by atoms with van der Waals surface area (Å²) in [6, 6.07) is 15.3. The van der Waals surface area contributed by atoms with Crippen molar-refractivity contribution in [3.8, 4) is 0 Å². The van der Waals surface area contributed by atoms with Crippen molar-refractivity contribution in [3.63, 3.8) is 0 Å². The molecule has 0 saturated carbocycles. The highest BCUT2D eigenvalue weighted by Crippen LogP contribution is 2.23. The molecule has 1 N–H and O–H groups in total. The zero-order chi connectivity index (χ0) is 18.7. The predicted octanol–water partition coefficient (Wildman–Crippen LogP) is 4.45. The average molecular weight is 416 g/mol. The quantitative estimate of drug-likeness (QED) is 0.783. The number of hydrogen-bond donors (Lipinski definition) is 1. The number of halogens is 1. The number of urea groups is 1. The third-order valence-corrected chi connectivity index (χ3v) is 4.90. The molecule has 2 aromatic rings. The normalized spacial score (nSPS) is 14.2. The van der Waals surface area contributed by atoms with Crippen molar-refractivity contribution in [2.75, 3.05) is 29.9 Å². The van der Waals surface area contributed by atoms with Gasteiger partial charge in [-0.25, -0.2) is 4.79 Å². The van der Waals surface area contributed by atoms with Crippen LogP contribution in [0.3, 0.4) is 0 Å². The van der Waals surface area contributed by atoms with Crippen molar-refractivity contribution in [3.05, 3.63) is 58.6 Å². The molecule has 2 aromatic carbocycles. The molecule has 6 heteroatoms. The summed E-state index contributed by atoms with van der Waals surface area (Å²) in [6.07, 6.45) is 0. The molecule has 3 rings (SSSR count). The van der Waals surface area contributed by atoms with E-state index in [1.165, 1.54) is 5.56 Å². The van der Waals surface area contributed by atoms with Crippen molar-refractivity contribution in [1.29, 1.82) is 0 Å². The minimum Gasteiger partial charge on any atom is -0.325 e. The molecule has 0 aromatic heterocycles. The van der Waals surface area contributed by atoms with Crippen LogP contribution in [0.15, 0.2) is 53.0 Å². The minimum atomic E-state index is -0.201. The van der Waals surface area contributed by atoms with Crippen LogP contribution in [0.5, 0.6) is 0 Å². The van der Waals surface area contributed by atoms with Gasteiger partial charge in [-0.3, -0.25) is 9.69 Å². The third-order valence-electron chi connectivity index (χ3n) is 4.41. The lowest BCUT2D eigenvalue weighted by Gasteiger charge is -2.19. The number of carbonyl (C=O) groups is 2. The Labute approximate surface area is 162 Å². The summed E-state index contributed by atoms with van der Waals surface area (Å²) in [6.45, 7) is 5.45. The molecule has 1 aliphatic rings. The lowest BCUT2D eigenvalue weighted by molar-refractivity contribution is -0.116. The van der Waals surface area contributed by atoms with Gasteiger partial charge in [0.05, 0.1) is 0 Å². The highest BCUT2D eigenvalue weighted by molar-refractivity contribution is 9.10. The van der Waals surface area contributed by atoms with E-state index in [2.05, 4.69) is 47.2 Å². The van der Waals surface area contributed by atoms with Gasteiger partial charge in [0.1, 0.15) is 6.54 Å². The Morgan fingerprint density at radius 2 is 1.88 bits per heavy atom. The minimum absolute atomic E-state index is 0.0475. The topological polar surface area (TPSA) is 52.6 Å². The molecule has 0 bridgehead atoms. The first kappa shape index (κ1) is 18.5. The maximum atomic E-state index is 12.6. The Hall–Kier alpha value is -2.34. The second-order valence-electron chi connectivity index (χ2n) is 6.66. The molecule has 3 amide bonds. The first-order valence-corrected chi connectivity index (χ1v) is 9.45. The van der Waals surface area contributed by atoms with Crippen LogP contribution in [0.2, 0.25) is 0 Å². The highest BCUT2D eigenvalue weighted by Gasteiger charge is 2.30. The largest absolute Gasteiger partial charge is 0.325 e. The molecule has 0 spiro atoms. The zero-order valence-electron chi connectivity index (χ0n) is 14.9. The van der Waals surface area contributed by atoms with Crippen molar-refractivity contribution in [1.82, 2.24) is 4.90 Å². The molecular formula is C20H22BrN3O2. The number of nitrogens with zero attached hydrogens (tertiary/aromatic N) is 2. The van der Waals surface area contributed by atoms with E-state index in [1.807, 2.05) is 36.4 Å². The summed E-state index contributed by atoms with van der Waals surface area (Å²) in [4.78, 5) is 28.2. The maximum absolute atomic E-state index is 12.6. The van der Waals surface area contributed by atoms with Crippen molar-refractivity contribution in [2.45, 2.75) is 19.8 Å². The summed E-state index contributed by atoms with van der Waals surface area (Å²) >= 11 is 3.37. The fourth-order valence-electron chi connectivity index (χ4n) is 2.95. The van der Waals surface area contributed by atoms with Gasteiger partial charge in [0.15, 0.2) is 0 Å². The van der Waals surface area contributed by atoms with Gasteiger partial charge in [0.25, 0.3) is 0 Å². The molecule has 0 radical (unpaired) electrons. The molecule has 136 valence electrons. The average Bonchev–Trinajstić information content (AvgIpc) is 2.95. The van der Waals surface area contributed by atoms with Crippen LogP contribution in [0.1, 0.15) is 25.3 Å². The Morgan fingerprint density at radius 1 is 1.15 bits per heavy atom. The van der Waals surface area contributed by atoms with Crippen LogP contribution in [0.25, 0.3) is 0 Å².